The summed E-state index contributed by atoms with van der Waals surface area (Å²) in [6, 6.07) is 13.8. The lowest BCUT2D eigenvalue weighted by Gasteiger charge is -2.24. The third-order valence-corrected chi connectivity index (χ3v) is 3.80. The number of carboxylic acid groups (broad SMARTS) is 1. The van der Waals surface area contributed by atoms with Gasteiger partial charge in [0.1, 0.15) is 11.4 Å². The van der Waals surface area contributed by atoms with Crippen LogP contribution in [0.4, 0.5) is 13.6 Å². The van der Waals surface area contributed by atoms with Gasteiger partial charge in [0.15, 0.2) is 6.61 Å². The van der Waals surface area contributed by atoms with Crippen molar-refractivity contribution in [2.75, 3.05) is 6.61 Å². The van der Waals surface area contributed by atoms with Gasteiger partial charge >= 0.3 is 24.0 Å². The van der Waals surface area contributed by atoms with Crippen molar-refractivity contribution < 1.29 is 42.5 Å². The van der Waals surface area contributed by atoms with E-state index in [9.17, 15) is 23.2 Å². The van der Waals surface area contributed by atoms with E-state index in [0.717, 1.165) is 5.56 Å². The van der Waals surface area contributed by atoms with Gasteiger partial charge in [-0.25, -0.2) is 14.4 Å². The van der Waals surface area contributed by atoms with Crippen molar-refractivity contribution in [3.63, 3.8) is 0 Å². The first-order chi connectivity index (χ1) is 13.5. The second-order valence-electron chi connectivity index (χ2n) is 6.44. The summed E-state index contributed by atoms with van der Waals surface area (Å²) < 4.78 is 40.5. The zero-order valence-corrected chi connectivity index (χ0v) is 15.6. The van der Waals surface area contributed by atoms with Gasteiger partial charge in [-0.2, -0.15) is 8.78 Å². The van der Waals surface area contributed by atoms with Crippen LogP contribution < -0.4 is 4.74 Å². The molecule has 0 radical (unpaired) electrons. The minimum atomic E-state index is -4.19. The monoisotopic (exact) mass is 408 g/mol. The number of carboxylic acids is 1. The molecule has 0 aliphatic carbocycles. The second-order valence-corrected chi connectivity index (χ2v) is 6.44. The van der Waals surface area contributed by atoms with Crippen LogP contribution in [0, 0.1) is 0 Å². The van der Waals surface area contributed by atoms with Crippen LogP contribution in [0.25, 0.3) is 0 Å². The summed E-state index contributed by atoms with van der Waals surface area (Å²) in [5.41, 5.74) is -0.318. The zero-order chi connectivity index (χ0) is 21.7. The molecule has 0 fully saturated rings. The fourth-order valence-corrected chi connectivity index (χ4v) is 2.18. The lowest BCUT2D eigenvalue weighted by atomic mass is 9.98. The van der Waals surface area contributed by atoms with Gasteiger partial charge in [-0.15, -0.1) is 0 Å². The molecular formula is C20H18F2O7. The number of esters is 1. The Morgan fingerprint density at radius 2 is 1.55 bits per heavy atom. The fraction of sp³-hybridized carbons (Fsp3) is 0.250. The van der Waals surface area contributed by atoms with Gasteiger partial charge in [-0.05, 0) is 43.7 Å². The number of rotatable bonds is 7. The Hall–Kier alpha value is -3.49. The highest BCUT2D eigenvalue weighted by Gasteiger charge is 2.40. The van der Waals surface area contributed by atoms with Gasteiger partial charge in [0, 0.05) is 0 Å². The quantitative estimate of drug-likeness (QED) is 0.546. The van der Waals surface area contributed by atoms with Gasteiger partial charge in [0.2, 0.25) is 0 Å². The predicted octanol–water partition coefficient (Wildman–Crippen LogP) is 4.01. The van der Waals surface area contributed by atoms with Crippen molar-refractivity contribution in [1.82, 2.24) is 0 Å². The van der Waals surface area contributed by atoms with Crippen LogP contribution >= 0.6 is 0 Å². The number of carbonyl (C=O) groups is 3. The van der Waals surface area contributed by atoms with Crippen LogP contribution in [0.5, 0.6) is 5.75 Å². The van der Waals surface area contributed by atoms with Gasteiger partial charge in [0.05, 0.1) is 5.56 Å². The highest BCUT2D eigenvalue weighted by Crippen LogP contribution is 2.25. The number of hydrogen-bond donors (Lipinski definition) is 1. The molecule has 2 aromatic carbocycles. The minimum absolute atomic E-state index is 0.0475. The first kappa shape index (κ1) is 21.8. The molecule has 0 heterocycles. The molecule has 0 unspecified atom stereocenters. The molecule has 0 aromatic heterocycles. The van der Waals surface area contributed by atoms with E-state index in [-0.39, 0.29) is 11.3 Å². The number of benzene rings is 2. The van der Waals surface area contributed by atoms with Crippen molar-refractivity contribution >= 4 is 18.1 Å². The molecule has 2 aromatic rings. The van der Waals surface area contributed by atoms with Gasteiger partial charge in [-0.3, -0.25) is 0 Å². The number of carbonyl (C=O) groups excluding carboxylic acids is 2. The Balaban J connectivity index is 1.94. The lowest BCUT2D eigenvalue weighted by molar-refractivity contribution is -0.170. The molecule has 154 valence electrons. The van der Waals surface area contributed by atoms with E-state index in [1.165, 1.54) is 24.3 Å². The molecule has 29 heavy (non-hydrogen) atoms. The van der Waals surface area contributed by atoms with E-state index in [1.807, 2.05) is 6.07 Å². The molecule has 0 saturated carbocycles. The lowest BCUT2D eigenvalue weighted by Crippen LogP contribution is -2.34. The van der Waals surface area contributed by atoms with Crippen molar-refractivity contribution in [3.05, 3.63) is 65.7 Å². The average molecular weight is 408 g/mol. The van der Waals surface area contributed by atoms with Crippen LogP contribution in [0.2, 0.25) is 0 Å². The highest BCUT2D eigenvalue weighted by molar-refractivity contribution is 5.90. The Kier molecular flexibility index (Phi) is 6.53. The van der Waals surface area contributed by atoms with Crippen molar-refractivity contribution in [2.24, 2.45) is 0 Å². The van der Waals surface area contributed by atoms with E-state index >= 15 is 0 Å². The summed E-state index contributed by atoms with van der Waals surface area (Å²) in [6.07, 6.45) is -0.977. The SMILES string of the molecule is CC(C)(OC(=O)Oc1ccc(C(=O)OCC(F)(F)C(=O)O)cc1)c1ccccc1. The Morgan fingerprint density at radius 3 is 2.10 bits per heavy atom. The number of alkyl halides is 2. The first-order valence-corrected chi connectivity index (χ1v) is 8.36. The molecule has 0 atom stereocenters. The maximum Gasteiger partial charge on any atom is 0.514 e. The van der Waals surface area contributed by atoms with E-state index in [2.05, 4.69) is 4.74 Å². The molecule has 0 amide bonds. The second kappa shape index (κ2) is 8.68. The van der Waals surface area contributed by atoms with Crippen LogP contribution in [0.3, 0.4) is 0 Å². The number of hydrogen-bond acceptors (Lipinski definition) is 6. The summed E-state index contributed by atoms with van der Waals surface area (Å²) >= 11 is 0. The molecule has 0 bridgehead atoms. The predicted molar refractivity (Wildman–Crippen MR) is 95.9 cm³/mol. The highest BCUT2D eigenvalue weighted by atomic mass is 19.3. The summed E-state index contributed by atoms with van der Waals surface area (Å²) in [5.74, 6) is -7.68. The molecular weight excluding hydrogens is 390 g/mol. The van der Waals surface area contributed by atoms with Crippen LogP contribution in [0.15, 0.2) is 54.6 Å². The Bertz CT molecular complexity index is 877. The average Bonchev–Trinajstić information content (AvgIpc) is 2.67. The standard InChI is InChI=1S/C20H18F2O7/c1-19(2,14-6-4-3-5-7-14)29-18(26)28-15-10-8-13(9-11-15)16(23)27-12-20(21,22)17(24)25/h3-11H,12H2,1-2H3,(H,24,25). The minimum Gasteiger partial charge on any atom is -0.477 e. The Labute approximate surface area is 164 Å². The maximum absolute atomic E-state index is 12.9. The molecule has 1 N–H and O–H groups in total. The number of aliphatic carboxylic acids is 1. The molecule has 9 heteroatoms. The summed E-state index contributed by atoms with van der Waals surface area (Å²) in [4.78, 5) is 34.0. The molecule has 0 aliphatic heterocycles. The molecule has 0 saturated heterocycles. The van der Waals surface area contributed by atoms with Crippen LogP contribution in [-0.4, -0.2) is 35.7 Å². The largest absolute Gasteiger partial charge is 0.514 e. The van der Waals surface area contributed by atoms with Gasteiger partial charge in [-0.1, -0.05) is 30.3 Å². The fourth-order valence-electron chi connectivity index (χ4n) is 2.18. The first-order valence-electron chi connectivity index (χ1n) is 8.36. The third-order valence-electron chi connectivity index (χ3n) is 3.80. The van der Waals surface area contributed by atoms with E-state index in [1.54, 1.807) is 38.1 Å². The smallest absolute Gasteiger partial charge is 0.477 e. The van der Waals surface area contributed by atoms with Crippen LogP contribution in [0.1, 0.15) is 29.8 Å². The van der Waals surface area contributed by atoms with Crippen LogP contribution in [-0.2, 0) is 19.9 Å². The maximum atomic E-state index is 12.9. The van der Waals surface area contributed by atoms with E-state index < -0.39 is 36.2 Å². The third kappa shape index (κ3) is 6.00. The normalized spacial score (nSPS) is 11.4. The summed E-state index contributed by atoms with van der Waals surface area (Å²) in [5, 5.41) is 8.30. The van der Waals surface area contributed by atoms with Gasteiger partial charge in [0.25, 0.3) is 0 Å². The van der Waals surface area contributed by atoms with Gasteiger partial charge < -0.3 is 19.3 Å². The zero-order valence-electron chi connectivity index (χ0n) is 15.6. The van der Waals surface area contributed by atoms with E-state index in [4.69, 9.17) is 14.6 Å². The number of halogens is 2. The molecule has 0 spiro atoms. The molecule has 7 nitrogen and oxygen atoms in total. The Morgan fingerprint density at radius 1 is 0.966 bits per heavy atom. The molecule has 0 aliphatic rings. The summed E-state index contributed by atoms with van der Waals surface area (Å²) in [6.45, 7) is 1.78. The van der Waals surface area contributed by atoms with Crippen molar-refractivity contribution in [2.45, 2.75) is 25.4 Å². The topological polar surface area (TPSA) is 99.1 Å². The van der Waals surface area contributed by atoms with Crippen molar-refractivity contribution in [1.29, 1.82) is 0 Å². The summed E-state index contributed by atoms with van der Waals surface area (Å²) in [7, 11) is 0. The van der Waals surface area contributed by atoms with E-state index in [0.29, 0.717) is 0 Å². The van der Waals surface area contributed by atoms with Crippen molar-refractivity contribution in [3.8, 4) is 5.75 Å². The molecule has 2 rings (SSSR count). The number of ether oxygens (including phenoxy) is 3.